The zero-order valence-corrected chi connectivity index (χ0v) is 8.84. The molecule has 1 aromatic carbocycles. The monoisotopic (exact) mass is 226 g/mol. The van der Waals surface area contributed by atoms with E-state index in [0.29, 0.717) is 14.5 Å². The van der Waals surface area contributed by atoms with Crippen LogP contribution in [0.2, 0.25) is 0 Å². The van der Waals surface area contributed by atoms with E-state index in [0.717, 1.165) is 5.75 Å². The zero-order chi connectivity index (χ0) is 8.55. The van der Waals surface area contributed by atoms with Crippen molar-refractivity contribution < 1.29 is 4.74 Å². The Kier molecular flexibility index (Phi) is 1.95. The second-order valence-electron chi connectivity index (χ2n) is 2.76. The molecule has 0 bridgehead atoms. The van der Waals surface area contributed by atoms with Gasteiger partial charge in [-0.05, 0) is 0 Å². The number of rotatable bonds is 1. The third kappa shape index (κ3) is 1.28. The van der Waals surface area contributed by atoms with Gasteiger partial charge in [-0.3, -0.25) is 0 Å². The molecule has 0 saturated carbocycles. The molecular formula is C10H10OSe. The molecule has 0 fully saturated rings. The van der Waals surface area contributed by atoms with Crippen molar-refractivity contribution in [2.24, 2.45) is 0 Å². The molecule has 0 aliphatic carbocycles. The van der Waals surface area contributed by atoms with Gasteiger partial charge in [0, 0.05) is 0 Å². The molecule has 62 valence electrons. The van der Waals surface area contributed by atoms with Gasteiger partial charge >= 0.3 is 77.4 Å². The van der Waals surface area contributed by atoms with Crippen molar-refractivity contribution in [1.29, 1.82) is 0 Å². The van der Waals surface area contributed by atoms with Crippen molar-refractivity contribution in [2.45, 2.75) is 6.92 Å². The molecule has 1 aromatic heterocycles. The van der Waals surface area contributed by atoms with E-state index in [1.807, 2.05) is 6.07 Å². The molecule has 0 aliphatic rings. The van der Waals surface area contributed by atoms with Crippen LogP contribution in [0.5, 0.6) is 5.75 Å². The van der Waals surface area contributed by atoms with Gasteiger partial charge in [-0.25, -0.2) is 0 Å². The van der Waals surface area contributed by atoms with Crippen LogP contribution in [-0.2, 0) is 0 Å². The fraction of sp³-hybridized carbons (Fsp3) is 0.200. The van der Waals surface area contributed by atoms with Gasteiger partial charge in [0.25, 0.3) is 0 Å². The Labute approximate surface area is 77.7 Å². The molecule has 0 saturated heterocycles. The van der Waals surface area contributed by atoms with Crippen LogP contribution in [0.4, 0.5) is 0 Å². The summed E-state index contributed by atoms with van der Waals surface area (Å²) in [6, 6.07) is 8.56. The predicted molar refractivity (Wildman–Crippen MR) is 52.2 cm³/mol. The minimum atomic E-state index is 0.557. The summed E-state index contributed by atoms with van der Waals surface area (Å²) in [5.74, 6) is 0.954. The molecule has 0 unspecified atom stereocenters. The van der Waals surface area contributed by atoms with E-state index in [9.17, 15) is 0 Å². The Balaban J connectivity index is 2.66. The van der Waals surface area contributed by atoms with Crippen LogP contribution in [0, 0.1) is 6.92 Å². The molecular weight excluding hydrogens is 215 g/mol. The molecule has 0 atom stereocenters. The second kappa shape index (κ2) is 2.96. The summed E-state index contributed by atoms with van der Waals surface area (Å²) in [4.78, 5) is 0. The summed E-state index contributed by atoms with van der Waals surface area (Å²) in [5.41, 5.74) is 0. The zero-order valence-electron chi connectivity index (χ0n) is 7.13. The van der Waals surface area contributed by atoms with Crippen LogP contribution >= 0.6 is 0 Å². The van der Waals surface area contributed by atoms with Crippen LogP contribution in [0.1, 0.15) is 4.44 Å². The van der Waals surface area contributed by atoms with Gasteiger partial charge in [-0.2, -0.15) is 0 Å². The Bertz CT molecular complexity index is 403. The van der Waals surface area contributed by atoms with Crippen LogP contribution < -0.4 is 4.74 Å². The second-order valence-corrected chi connectivity index (χ2v) is 5.46. The van der Waals surface area contributed by atoms with Crippen LogP contribution in [0.15, 0.2) is 24.3 Å². The maximum absolute atomic E-state index is 5.15. The molecule has 1 nitrogen and oxygen atoms in total. The van der Waals surface area contributed by atoms with Crippen molar-refractivity contribution in [3.05, 3.63) is 28.7 Å². The van der Waals surface area contributed by atoms with Crippen LogP contribution in [-0.4, -0.2) is 21.6 Å². The molecule has 0 aliphatic heterocycles. The standard InChI is InChI=1S/C10H10OSe/c1-7-5-8-6-9(11-2)3-4-10(8)12-7/h3-6H,1-2H3. The van der Waals surface area contributed by atoms with E-state index in [2.05, 4.69) is 25.1 Å². The van der Waals surface area contributed by atoms with Gasteiger partial charge in [0.05, 0.1) is 0 Å². The molecule has 1 heterocycles. The number of benzene rings is 1. The molecule has 0 spiro atoms. The molecule has 0 radical (unpaired) electrons. The third-order valence-electron chi connectivity index (χ3n) is 1.85. The van der Waals surface area contributed by atoms with E-state index < -0.39 is 0 Å². The molecule has 2 heteroatoms. The summed E-state index contributed by atoms with van der Waals surface area (Å²) in [5, 5.41) is 1.34. The summed E-state index contributed by atoms with van der Waals surface area (Å²) in [6.07, 6.45) is 0. The Morgan fingerprint density at radius 2 is 2.08 bits per heavy atom. The van der Waals surface area contributed by atoms with Gasteiger partial charge < -0.3 is 0 Å². The number of methoxy groups -OCH3 is 1. The Morgan fingerprint density at radius 1 is 1.25 bits per heavy atom. The quantitative estimate of drug-likeness (QED) is 0.676. The first-order valence-electron chi connectivity index (χ1n) is 3.84. The SMILES string of the molecule is COc1ccc2[se]c(C)cc2c1. The fourth-order valence-electron chi connectivity index (χ4n) is 1.28. The molecule has 2 rings (SSSR count). The summed E-state index contributed by atoms with van der Waals surface area (Å²) < 4.78 is 8.12. The number of ether oxygens (including phenoxy) is 1. The topological polar surface area (TPSA) is 9.23 Å². The average Bonchev–Trinajstić information content (AvgIpc) is 2.43. The third-order valence-corrected chi connectivity index (χ3v) is 4.01. The predicted octanol–water partition coefficient (Wildman–Crippen LogP) is 2.21. The molecule has 12 heavy (non-hydrogen) atoms. The summed E-state index contributed by atoms with van der Waals surface area (Å²) >= 11 is 0.557. The van der Waals surface area contributed by atoms with E-state index in [4.69, 9.17) is 4.74 Å². The number of hydrogen-bond acceptors (Lipinski definition) is 1. The maximum atomic E-state index is 5.15. The van der Waals surface area contributed by atoms with E-state index >= 15 is 0 Å². The van der Waals surface area contributed by atoms with E-state index in [1.54, 1.807) is 7.11 Å². The first-order chi connectivity index (χ1) is 5.79. The van der Waals surface area contributed by atoms with Gasteiger partial charge in [0.15, 0.2) is 0 Å². The summed E-state index contributed by atoms with van der Waals surface area (Å²) in [6.45, 7) is 2.19. The number of hydrogen-bond donors (Lipinski definition) is 0. The molecule has 0 amide bonds. The number of aryl methyl sites for hydroxylation is 1. The Hall–Kier alpha value is -0.721. The summed E-state index contributed by atoms with van der Waals surface area (Å²) in [7, 11) is 1.71. The van der Waals surface area contributed by atoms with E-state index in [-0.39, 0.29) is 0 Å². The Morgan fingerprint density at radius 3 is 2.83 bits per heavy atom. The van der Waals surface area contributed by atoms with Gasteiger partial charge in [0.2, 0.25) is 0 Å². The first-order valence-corrected chi connectivity index (χ1v) is 5.55. The van der Waals surface area contributed by atoms with Gasteiger partial charge in [0.1, 0.15) is 0 Å². The minimum absolute atomic E-state index is 0.557. The van der Waals surface area contributed by atoms with Crippen molar-refractivity contribution in [3.63, 3.8) is 0 Å². The van der Waals surface area contributed by atoms with Crippen LogP contribution in [0.25, 0.3) is 9.65 Å². The van der Waals surface area contributed by atoms with Gasteiger partial charge in [-0.15, -0.1) is 0 Å². The van der Waals surface area contributed by atoms with Crippen molar-refractivity contribution in [2.75, 3.05) is 7.11 Å². The molecule has 2 aromatic rings. The van der Waals surface area contributed by atoms with E-state index in [1.165, 1.54) is 14.1 Å². The average molecular weight is 225 g/mol. The fourth-order valence-corrected chi connectivity index (χ4v) is 3.18. The first kappa shape index (κ1) is 7.90. The van der Waals surface area contributed by atoms with Crippen molar-refractivity contribution >= 4 is 24.1 Å². The van der Waals surface area contributed by atoms with Crippen molar-refractivity contribution in [3.8, 4) is 5.75 Å². The normalized spacial score (nSPS) is 10.5. The molecule has 0 N–H and O–H groups in total. The van der Waals surface area contributed by atoms with Crippen LogP contribution in [0.3, 0.4) is 0 Å². The van der Waals surface area contributed by atoms with Gasteiger partial charge in [-0.1, -0.05) is 0 Å². The van der Waals surface area contributed by atoms with Crippen molar-refractivity contribution in [1.82, 2.24) is 0 Å². The number of fused-ring (bicyclic) bond motifs is 1.